The number of nitriles is 1. The minimum absolute atomic E-state index is 0.0181. The molecule has 0 bridgehead atoms. The Kier molecular flexibility index (Phi) is 5.37. The lowest BCUT2D eigenvalue weighted by atomic mass is 9.97. The Labute approximate surface area is 169 Å². The smallest absolute Gasteiger partial charge is 0.265 e. The van der Waals surface area contributed by atoms with E-state index in [1.807, 2.05) is 0 Å². The van der Waals surface area contributed by atoms with Crippen molar-refractivity contribution in [3.8, 4) is 6.07 Å². The van der Waals surface area contributed by atoms with Gasteiger partial charge in [-0.15, -0.1) is 0 Å². The number of carbonyl (C=O) groups is 1. The van der Waals surface area contributed by atoms with Gasteiger partial charge < -0.3 is 5.32 Å². The lowest BCUT2D eigenvalue weighted by Crippen LogP contribution is -2.46. The van der Waals surface area contributed by atoms with Gasteiger partial charge in [0.1, 0.15) is 10.4 Å². The predicted octanol–water partition coefficient (Wildman–Crippen LogP) is 3.59. The molecule has 146 valence electrons. The van der Waals surface area contributed by atoms with Crippen LogP contribution in [0.15, 0.2) is 53.4 Å². The van der Waals surface area contributed by atoms with Gasteiger partial charge in [0.15, 0.2) is 0 Å². The van der Waals surface area contributed by atoms with Crippen molar-refractivity contribution in [2.45, 2.75) is 30.2 Å². The summed E-state index contributed by atoms with van der Waals surface area (Å²) in [4.78, 5) is 12.5. The first-order valence-corrected chi connectivity index (χ1v) is 10.6. The molecule has 0 heterocycles. The number of benzene rings is 2. The minimum Gasteiger partial charge on any atom is -0.334 e. The highest BCUT2D eigenvalue weighted by molar-refractivity contribution is 7.93. The van der Waals surface area contributed by atoms with Gasteiger partial charge in [0.05, 0.1) is 16.8 Å². The lowest BCUT2D eigenvalue weighted by molar-refractivity contribution is 0.0917. The minimum atomic E-state index is -3.98. The van der Waals surface area contributed by atoms with Gasteiger partial charge in [-0.1, -0.05) is 29.8 Å². The first-order valence-electron chi connectivity index (χ1n) is 8.76. The van der Waals surface area contributed by atoms with Crippen LogP contribution in [-0.2, 0) is 10.0 Å². The van der Waals surface area contributed by atoms with E-state index in [1.165, 1.54) is 25.2 Å². The molecule has 2 aromatic rings. The zero-order valence-electron chi connectivity index (χ0n) is 15.5. The number of amides is 1. The molecule has 0 unspecified atom stereocenters. The van der Waals surface area contributed by atoms with Crippen LogP contribution in [-0.4, -0.2) is 26.9 Å². The van der Waals surface area contributed by atoms with Gasteiger partial charge in [0, 0.05) is 12.6 Å². The standard InChI is InChI=1S/C20H20ClN3O3S/c1-20(13-22,15-9-10-15)23-19(25)14-8-11-17(21)18(12-14)28(26,27)24(2)16-6-4-3-5-7-16/h3-8,11-12,15H,9-10H2,1-2H3,(H,23,25)/t20-/m1/s1. The molecule has 1 amide bonds. The average molecular weight is 418 g/mol. The van der Waals surface area contributed by atoms with Crippen molar-refractivity contribution >= 4 is 33.2 Å². The van der Waals surface area contributed by atoms with Crippen molar-refractivity contribution in [1.29, 1.82) is 5.26 Å². The van der Waals surface area contributed by atoms with E-state index in [2.05, 4.69) is 11.4 Å². The van der Waals surface area contributed by atoms with Crippen LogP contribution in [0.2, 0.25) is 5.02 Å². The fourth-order valence-electron chi connectivity index (χ4n) is 2.96. The van der Waals surface area contributed by atoms with Crippen molar-refractivity contribution < 1.29 is 13.2 Å². The molecule has 6 nitrogen and oxygen atoms in total. The molecular weight excluding hydrogens is 398 g/mol. The molecule has 0 saturated heterocycles. The number of hydrogen-bond donors (Lipinski definition) is 1. The fraction of sp³-hybridized carbons (Fsp3) is 0.300. The third-order valence-electron chi connectivity index (χ3n) is 4.95. The van der Waals surface area contributed by atoms with Crippen LogP contribution in [0.4, 0.5) is 5.69 Å². The fourth-order valence-corrected chi connectivity index (χ4v) is 4.65. The Morgan fingerprint density at radius 2 is 1.89 bits per heavy atom. The Balaban J connectivity index is 1.93. The number of halogens is 1. The van der Waals surface area contributed by atoms with E-state index in [9.17, 15) is 18.5 Å². The van der Waals surface area contributed by atoms with Gasteiger partial charge in [0.2, 0.25) is 0 Å². The number of hydrogen-bond acceptors (Lipinski definition) is 4. The normalized spacial score (nSPS) is 15.9. The number of anilines is 1. The molecule has 1 aliphatic carbocycles. The second-order valence-corrected chi connectivity index (χ2v) is 9.34. The second-order valence-electron chi connectivity index (χ2n) is 7.00. The van der Waals surface area contributed by atoms with Gasteiger partial charge in [-0.05, 0) is 56.0 Å². The molecule has 0 aromatic heterocycles. The molecule has 0 spiro atoms. The van der Waals surface area contributed by atoms with Crippen LogP contribution in [0, 0.1) is 17.2 Å². The van der Waals surface area contributed by atoms with Crippen LogP contribution >= 0.6 is 11.6 Å². The van der Waals surface area contributed by atoms with E-state index >= 15 is 0 Å². The highest BCUT2D eigenvalue weighted by Gasteiger charge is 2.43. The molecule has 1 atom stereocenters. The summed E-state index contributed by atoms with van der Waals surface area (Å²) in [5.41, 5.74) is -0.373. The number of sulfonamides is 1. The molecule has 1 aliphatic rings. The lowest BCUT2D eigenvalue weighted by Gasteiger charge is -2.23. The highest BCUT2D eigenvalue weighted by Crippen LogP contribution is 2.39. The van der Waals surface area contributed by atoms with Crippen molar-refractivity contribution in [3.63, 3.8) is 0 Å². The molecular formula is C20H20ClN3O3S. The first kappa shape index (κ1) is 20.2. The summed E-state index contributed by atoms with van der Waals surface area (Å²) in [6.45, 7) is 1.68. The zero-order chi connectivity index (χ0) is 20.5. The summed E-state index contributed by atoms with van der Waals surface area (Å²) in [5, 5.41) is 12.2. The highest BCUT2D eigenvalue weighted by atomic mass is 35.5. The van der Waals surface area contributed by atoms with Crippen LogP contribution in [0.3, 0.4) is 0 Å². The van der Waals surface area contributed by atoms with Gasteiger partial charge in [-0.2, -0.15) is 5.26 Å². The van der Waals surface area contributed by atoms with E-state index in [-0.39, 0.29) is 21.4 Å². The number of para-hydroxylation sites is 1. The second kappa shape index (κ2) is 7.46. The maximum absolute atomic E-state index is 13.0. The summed E-state index contributed by atoms with van der Waals surface area (Å²) >= 11 is 6.15. The number of rotatable bonds is 6. The van der Waals surface area contributed by atoms with Gasteiger partial charge in [0.25, 0.3) is 15.9 Å². The van der Waals surface area contributed by atoms with Crippen molar-refractivity contribution in [3.05, 3.63) is 59.1 Å². The van der Waals surface area contributed by atoms with E-state index < -0.39 is 21.5 Å². The number of carbonyl (C=O) groups excluding carboxylic acids is 1. The number of nitrogens with one attached hydrogen (secondary N) is 1. The van der Waals surface area contributed by atoms with Crippen LogP contribution in [0.1, 0.15) is 30.1 Å². The van der Waals surface area contributed by atoms with E-state index in [1.54, 1.807) is 37.3 Å². The Bertz CT molecular complexity index is 1050. The molecule has 0 aliphatic heterocycles. The molecule has 3 rings (SSSR count). The third kappa shape index (κ3) is 3.84. The van der Waals surface area contributed by atoms with Crippen molar-refractivity contribution in [1.82, 2.24) is 5.32 Å². The average Bonchev–Trinajstić information content (AvgIpc) is 3.54. The Morgan fingerprint density at radius 3 is 2.46 bits per heavy atom. The zero-order valence-corrected chi connectivity index (χ0v) is 17.1. The van der Waals surface area contributed by atoms with E-state index in [0.29, 0.717) is 5.69 Å². The molecule has 2 aromatic carbocycles. The van der Waals surface area contributed by atoms with Crippen molar-refractivity contribution in [2.24, 2.45) is 5.92 Å². The van der Waals surface area contributed by atoms with Gasteiger partial charge in [-0.3, -0.25) is 9.10 Å². The largest absolute Gasteiger partial charge is 0.334 e. The summed E-state index contributed by atoms with van der Waals surface area (Å²) in [7, 11) is -2.55. The maximum atomic E-state index is 13.0. The van der Waals surface area contributed by atoms with Crippen molar-refractivity contribution in [2.75, 3.05) is 11.4 Å². The predicted molar refractivity (Wildman–Crippen MR) is 108 cm³/mol. The molecule has 1 N–H and O–H groups in total. The molecule has 1 saturated carbocycles. The Morgan fingerprint density at radius 1 is 1.25 bits per heavy atom. The van der Waals surface area contributed by atoms with Crippen LogP contribution in [0.25, 0.3) is 0 Å². The van der Waals surface area contributed by atoms with Crippen LogP contribution < -0.4 is 9.62 Å². The summed E-state index contributed by atoms with van der Waals surface area (Å²) in [6, 6.07) is 14.8. The quantitative estimate of drug-likeness (QED) is 0.777. The van der Waals surface area contributed by atoms with Gasteiger partial charge in [-0.25, -0.2) is 8.42 Å². The van der Waals surface area contributed by atoms with E-state index in [4.69, 9.17) is 11.6 Å². The topological polar surface area (TPSA) is 90.3 Å². The summed E-state index contributed by atoms with van der Waals surface area (Å²) in [5.74, 6) is -0.396. The monoisotopic (exact) mass is 417 g/mol. The molecule has 28 heavy (non-hydrogen) atoms. The first-order chi connectivity index (χ1) is 13.2. The number of nitrogens with zero attached hydrogens (tertiary/aromatic N) is 2. The summed E-state index contributed by atoms with van der Waals surface area (Å²) in [6.07, 6.45) is 1.76. The summed E-state index contributed by atoms with van der Waals surface area (Å²) < 4.78 is 27.2. The Hall–Kier alpha value is -2.56. The van der Waals surface area contributed by atoms with E-state index in [0.717, 1.165) is 17.1 Å². The molecule has 1 fully saturated rings. The molecule has 0 radical (unpaired) electrons. The maximum Gasteiger partial charge on any atom is 0.265 e. The SMILES string of the molecule is CN(c1ccccc1)S(=O)(=O)c1cc(C(=O)N[C@](C)(C#N)C2CC2)ccc1Cl. The molecule has 8 heteroatoms. The van der Waals surface area contributed by atoms with Gasteiger partial charge >= 0.3 is 0 Å². The third-order valence-corrected chi connectivity index (χ3v) is 7.22. The van der Waals surface area contributed by atoms with Crippen LogP contribution in [0.5, 0.6) is 0 Å².